The summed E-state index contributed by atoms with van der Waals surface area (Å²) in [5, 5.41) is 6.24. The third-order valence-electron chi connectivity index (χ3n) is 7.93. The second-order valence-electron chi connectivity index (χ2n) is 12.7. The first kappa shape index (κ1) is 34.5. The Kier molecular flexibility index (Phi) is 11.8. The molecule has 0 bridgehead atoms. The molecule has 240 valence electrons. The molecule has 1 saturated heterocycles. The minimum atomic E-state index is -3.41. The van der Waals surface area contributed by atoms with Crippen molar-refractivity contribution in [2.45, 2.75) is 102 Å². The Bertz CT molecular complexity index is 1360. The van der Waals surface area contributed by atoms with Gasteiger partial charge in [-0.1, -0.05) is 25.1 Å². The van der Waals surface area contributed by atoms with Crippen molar-refractivity contribution in [2.75, 3.05) is 19.6 Å². The number of rotatable bonds is 13. The predicted molar refractivity (Wildman–Crippen MR) is 168 cm³/mol. The van der Waals surface area contributed by atoms with Crippen molar-refractivity contribution in [3.63, 3.8) is 0 Å². The molecule has 11 nitrogen and oxygen atoms in total. The van der Waals surface area contributed by atoms with Gasteiger partial charge < -0.3 is 26.1 Å². The van der Waals surface area contributed by atoms with Gasteiger partial charge in [0.25, 0.3) is 0 Å². The summed E-state index contributed by atoms with van der Waals surface area (Å²) in [4.78, 5) is 43.9. The van der Waals surface area contributed by atoms with Gasteiger partial charge in [-0.2, -0.15) is 0 Å². The van der Waals surface area contributed by atoms with Crippen molar-refractivity contribution < 1.29 is 27.5 Å². The lowest BCUT2D eigenvalue weighted by atomic mass is 9.90. The minimum Gasteiger partial charge on any atom is -0.458 e. The van der Waals surface area contributed by atoms with Gasteiger partial charge in [-0.25, -0.2) is 17.5 Å². The number of nitrogens with two attached hydrogens (primary N) is 1. The lowest BCUT2D eigenvalue weighted by Gasteiger charge is -2.33. The maximum atomic E-state index is 13.9. The Balaban J connectivity index is 1.85. The molecule has 1 unspecified atom stereocenters. The quantitative estimate of drug-likeness (QED) is 0.198. The van der Waals surface area contributed by atoms with E-state index >= 15 is 0 Å². The van der Waals surface area contributed by atoms with Gasteiger partial charge in [0, 0.05) is 42.0 Å². The maximum absolute atomic E-state index is 13.9. The number of amides is 2. The standard InChI is InChI=1S/C31H49N5O6S/c1-20(2)43(40,41)36-17-14-22(15-18-36)28(37)35-27(21(3)24-19-33-25-12-8-7-11-23(24)25)29(38)34-26(13-9-10-16-32)30(39)42-31(4,5)6/h7-8,11-12,19-22,26-27,33H,9-10,13-18,32H2,1-6H3,(H,34,38)(H,35,37)/t21-,26?,27+/m0/s1. The summed E-state index contributed by atoms with van der Waals surface area (Å²) >= 11 is 0. The number of hydrogen-bond acceptors (Lipinski definition) is 7. The van der Waals surface area contributed by atoms with Crippen molar-refractivity contribution in [2.24, 2.45) is 11.7 Å². The van der Waals surface area contributed by atoms with Gasteiger partial charge in [-0.15, -0.1) is 0 Å². The second-order valence-corrected chi connectivity index (χ2v) is 15.2. The summed E-state index contributed by atoms with van der Waals surface area (Å²) in [5.74, 6) is -2.25. The lowest BCUT2D eigenvalue weighted by Crippen LogP contribution is -2.55. The monoisotopic (exact) mass is 619 g/mol. The summed E-state index contributed by atoms with van der Waals surface area (Å²) in [5.41, 5.74) is 6.68. The van der Waals surface area contributed by atoms with E-state index in [4.69, 9.17) is 10.5 Å². The number of aromatic amines is 1. The molecule has 1 aliphatic heterocycles. The number of aromatic nitrogens is 1. The number of esters is 1. The fraction of sp³-hybridized carbons (Fsp3) is 0.645. The van der Waals surface area contributed by atoms with Gasteiger partial charge >= 0.3 is 5.97 Å². The highest BCUT2D eigenvalue weighted by Gasteiger charge is 2.37. The molecule has 3 atom stereocenters. The number of fused-ring (bicyclic) bond motifs is 1. The van der Waals surface area contributed by atoms with E-state index in [0.29, 0.717) is 38.6 Å². The van der Waals surface area contributed by atoms with Gasteiger partial charge in [0.1, 0.15) is 17.7 Å². The van der Waals surface area contributed by atoms with Crippen LogP contribution in [-0.4, -0.2) is 78.1 Å². The lowest BCUT2D eigenvalue weighted by molar-refractivity contribution is -0.159. The molecule has 0 radical (unpaired) electrons. The highest BCUT2D eigenvalue weighted by atomic mass is 32.2. The normalized spacial score (nSPS) is 17.4. The van der Waals surface area contributed by atoms with E-state index < -0.39 is 56.7 Å². The molecule has 5 N–H and O–H groups in total. The number of benzene rings is 1. The molecule has 2 heterocycles. The molecule has 2 amide bonds. The molecule has 12 heteroatoms. The van der Waals surface area contributed by atoms with Gasteiger partial charge in [0.05, 0.1) is 5.25 Å². The van der Waals surface area contributed by atoms with E-state index in [1.165, 1.54) is 4.31 Å². The van der Waals surface area contributed by atoms with E-state index in [1.54, 1.807) is 34.6 Å². The highest BCUT2D eigenvalue weighted by molar-refractivity contribution is 7.89. The summed E-state index contributed by atoms with van der Waals surface area (Å²) in [6.45, 7) is 11.4. The van der Waals surface area contributed by atoms with Crippen LogP contribution in [0.2, 0.25) is 0 Å². The van der Waals surface area contributed by atoms with Crippen LogP contribution in [0.1, 0.15) is 85.1 Å². The number of nitrogens with zero attached hydrogens (tertiary/aromatic N) is 1. The summed E-state index contributed by atoms with van der Waals surface area (Å²) < 4.78 is 32.3. The van der Waals surface area contributed by atoms with Crippen LogP contribution < -0.4 is 16.4 Å². The van der Waals surface area contributed by atoms with Crippen LogP contribution in [0.15, 0.2) is 30.5 Å². The first-order valence-electron chi connectivity index (χ1n) is 15.2. The van der Waals surface area contributed by atoms with Crippen molar-refractivity contribution in [1.82, 2.24) is 19.9 Å². The number of para-hydroxylation sites is 1. The van der Waals surface area contributed by atoms with E-state index in [9.17, 15) is 22.8 Å². The summed E-state index contributed by atoms with van der Waals surface area (Å²) in [7, 11) is -3.41. The molecule has 43 heavy (non-hydrogen) atoms. The maximum Gasteiger partial charge on any atom is 0.329 e. The molecule has 1 fully saturated rings. The van der Waals surface area contributed by atoms with Gasteiger partial charge in [-0.3, -0.25) is 9.59 Å². The number of sulfonamides is 1. The first-order valence-corrected chi connectivity index (χ1v) is 16.7. The Hall–Kier alpha value is -2.96. The largest absolute Gasteiger partial charge is 0.458 e. The van der Waals surface area contributed by atoms with E-state index in [2.05, 4.69) is 15.6 Å². The van der Waals surface area contributed by atoms with Gasteiger partial charge in [-0.05, 0) is 84.9 Å². The first-order chi connectivity index (χ1) is 20.2. The molecular formula is C31H49N5O6S. The van der Waals surface area contributed by atoms with Crippen LogP contribution in [0.3, 0.4) is 0 Å². The highest BCUT2D eigenvalue weighted by Crippen LogP contribution is 2.29. The predicted octanol–water partition coefficient (Wildman–Crippen LogP) is 3.16. The zero-order valence-corrected chi connectivity index (χ0v) is 27.1. The van der Waals surface area contributed by atoms with Gasteiger partial charge in [0.2, 0.25) is 21.8 Å². The number of carbonyl (C=O) groups excluding carboxylic acids is 3. The van der Waals surface area contributed by atoms with E-state index in [1.807, 2.05) is 37.4 Å². The van der Waals surface area contributed by atoms with Crippen LogP contribution >= 0.6 is 0 Å². The third kappa shape index (κ3) is 9.02. The van der Waals surface area contributed by atoms with Crippen molar-refractivity contribution >= 4 is 38.7 Å². The fourth-order valence-electron chi connectivity index (χ4n) is 5.39. The number of H-pyrrole nitrogens is 1. The number of piperidine rings is 1. The smallest absolute Gasteiger partial charge is 0.329 e. The van der Waals surface area contributed by atoms with Crippen molar-refractivity contribution in [3.05, 3.63) is 36.0 Å². The Morgan fingerprint density at radius 3 is 2.33 bits per heavy atom. The molecule has 0 saturated carbocycles. The number of ether oxygens (including phenoxy) is 1. The van der Waals surface area contributed by atoms with Crippen molar-refractivity contribution in [1.29, 1.82) is 0 Å². The number of carbonyl (C=O) groups is 3. The second kappa shape index (κ2) is 14.7. The van der Waals surface area contributed by atoms with E-state index in [0.717, 1.165) is 16.5 Å². The number of nitrogens with one attached hydrogen (secondary N) is 3. The SMILES string of the molecule is CC(C)S(=O)(=O)N1CCC(C(=O)N[C@@H](C(=O)NC(CCCCN)C(=O)OC(C)(C)C)[C@@H](C)c2c[nH]c3ccccc23)CC1. The molecular weight excluding hydrogens is 570 g/mol. The summed E-state index contributed by atoms with van der Waals surface area (Å²) in [6.07, 6.45) is 4.20. The fourth-order valence-corrected chi connectivity index (χ4v) is 6.70. The zero-order chi connectivity index (χ0) is 31.9. The number of hydrogen-bond donors (Lipinski definition) is 4. The Labute approximate surface area is 255 Å². The summed E-state index contributed by atoms with van der Waals surface area (Å²) in [6, 6.07) is 5.82. The van der Waals surface area contributed by atoms with Crippen LogP contribution in [0.5, 0.6) is 0 Å². The minimum absolute atomic E-state index is 0.245. The van der Waals surface area contributed by atoms with Crippen LogP contribution in [-0.2, 0) is 29.1 Å². The Morgan fingerprint density at radius 2 is 1.72 bits per heavy atom. The average Bonchev–Trinajstić information content (AvgIpc) is 3.38. The molecule has 2 aromatic rings. The molecule has 3 rings (SSSR count). The average molecular weight is 620 g/mol. The topological polar surface area (TPSA) is 164 Å². The van der Waals surface area contributed by atoms with Crippen LogP contribution in [0.25, 0.3) is 10.9 Å². The molecule has 0 spiro atoms. The van der Waals surface area contributed by atoms with Crippen LogP contribution in [0.4, 0.5) is 0 Å². The molecule has 0 aliphatic carbocycles. The third-order valence-corrected chi connectivity index (χ3v) is 10.2. The molecule has 1 aliphatic rings. The zero-order valence-electron chi connectivity index (χ0n) is 26.3. The molecule has 1 aromatic heterocycles. The molecule has 1 aromatic carbocycles. The Morgan fingerprint density at radius 1 is 1.07 bits per heavy atom. The van der Waals surface area contributed by atoms with Crippen LogP contribution in [0, 0.1) is 5.92 Å². The number of unbranched alkanes of at least 4 members (excludes halogenated alkanes) is 1. The van der Waals surface area contributed by atoms with Gasteiger partial charge in [0.15, 0.2) is 0 Å². The van der Waals surface area contributed by atoms with E-state index in [-0.39, 0.29) is 19.0 Å². The van der Waals surface area contributed by atoms with Crippen molar-refractivity contribution in [3.8, 4) is 0 Å².